The van der Waals surface area contributed by atoms with Crippen molar-refractivity contribution in [3.63, 3.8) is 0 Å². The van der Waals surface area contributed by atoms with Gasteiger partial charge in [0.25, 0.3) is 0 Å². The summed E-state index contributed by atoms with van der Waals surface area (Å²) >= 11 is 0. The van der Waals surface area contributed by atoms with E-state index in [1.54, 1.807) is 24.3 Å². The fraction of sp³-hybridized carbons (Fsp3) is 0.364. The maximum Gasteiger partial charge on any atom is 0.337 e. The van der Waals surface area contributed by atoms with Crippen LogP contribution in [0.3, 0.4) is 0 Å². The molecular formula is C22H29N3O3. The Balaban J connectivity index is 1.89. The monoisotopic (exact) mass is 383 g/mol. The number of likely N-dealkylation sites (N-methyl/N-ethyl adjacent to an activating group) is 1. The highest BCUT2D eigenvalue weighted by molar-refractivity contribution is 5.89. The third kappa shape index (κ3) is 6.09. The summed E-state index contributed by atoms with van der Waals surface area (Å²) in [5.41, 5.74) is 2.58. The molecule has 1 atom stereocenters. The predicted molar refractivity (Wildman–Crippen MR) is 110 cm³/mol. The zero-order valence-corrected chi connectivity index (χ0v) is 16.8. The first-order valence-corrected chi connectivity index (χ1v) is 9.57. The maximum atomic E-state index is 12.3. The first-order valence-electron chi connectivity index (χ1n) is 9.57. The van der Waals surface area contributed by atoms with Crippen LogP contribution in [-0.4, -0.2) is 43.6 Å². The molecule has 0 aliphatic heterocycles. The third-order valence-electron chi connectivity index (χ3n) is 4.72. The Kier molecular flexibility index (Phi) is 8.49. The number of ether oxygens (including phenoxy) is 1. The van der Waals surface area contributed by atoms with Crippen molar-refractivity contribution >= 4 is 12.0 Å². The second kappa shape index (κ2) is 11.1. The summed E-state index contributed by atoms with van der Waals surface area (Å²) < 4.78 is 4.68. The van der Waals surface area contributed by atoms with Gasteiger partial charge in [-0.1, -0.05) is 56.3 Å². The molecule has 2 aromatic rings. The highest BCUT2D eigenvalue weighted by Gasteiger charge is 2.18. The SMILES string of the molecule is CCN(CC)[C@H](CNC(=O)NCc1ccc(C(=O)OC)cc1)c1ccccc1. The molecule has 6 heteroatoms. The van der Waals surface area contributed by atoms with Crippen LogP contribution in [0.1, 0.15) is 41.4 Å². The van der Waals surface area contributed by atoms with Crippen molar-refractivity contribution in [2.24, 2.45) is 0 Å². The number of methoxy groups -OCH3 is 1. The quantitative estimate of drug-likeness (QED) is 0.652. The number of nitrogens with one attached hydrogen (secondary N) is 2. The number of hydrogen-bond acceptors (Lipinski definition) is 4. The van der Waals surface area contributed by atoms with Gasteiger partial charge in [-0.15, -0.1) is 0 Å². The molecule has 28 heavy (non-hydrogen) atoms. The molecule has 0 aliphatic carbocycles. The Morgan fingerprint density at radius 1 is 0.964 bits per heavy atom. The highest BCUT2D eigenvalue weighted by Crippen LogP contribution is 2.19. The van der Waals surface area contributed by atoms with Crippen LogP contribution in [0.25, 0.3) is 0 Å². The van der Waals surface area contributed by atoms with E-state index in [0.29, 0.717) is 18.7 Å². The molecule has 150 valence electrons. The maximum absolute atomic E-state index is 12.3. The summed E-state index contributed by atoms with van der Waals surface area (Å²) in [5.74, 6) is -0.374. The molecule has 0 unspecified atom stereocenters. The van der Waals surface area contributed by atoms with E-state index in [1.807, 2.05) is 18.2 Å². The van der Waals surface area contributed by atoms with Gasteiger partial charge in [-0.3, -0.25) is 4.90 Å². The predicted octanol–water partition coefficient (Wildman–Crippen LogP) is 3.36. The van der Waals surface area contributed by atoms with Gasteiger partial charge in [-0.2, -0.15) is 0 Å². The third-order valence-corrected chi connectivity index (χ3v) is 4.72. The number of urea groups is 1. The van der Waals surface area contributed by atoms with E-state index in [9.17, 15) is 9.59 Å². The van der Waals surface area contributed by atoms with Gasteiger partial charge < -0.3 is 15.4 Å². The van der Waals surface area contributed by atoms with Gasteiger partial charge in [0, 0.05) is 13.1 Å². The van der Waals surface area contributed by atoms with Crippen LogP contribution in [0, 0.1) is 0 Å². The molecule has 2 aromatic carbocycles. The first-order chi connectivity index (χ1) is 13.6. The highest BCUT2D eigenvalue weighted by atomic mass is 16.5. The lowest BCUT2D eigenvalue weighted by molar-refractivity contribution is 0.0600. The molecule has 0 heterocycles. The standard InChI is InChI=1S/C22H29N3O3/c1-4-25(5-2)20(18-9-7-6-8-10-18)16-24-22(27)23-15-17-11-13-19(14-12-17)21(26)28-3/h6-14,20H,4-5,15-16H2,1-3H3,(H2,23,24,27)/t20-/m1/s1. The summed E-state index contributed by atoms with van der Waals surface area (Å²) in [5, 5.41) is 5.83. The first kappa shape index (κ1) is 21.4. The number of nitrogens with zero attached hydrogens (tertiary/aromatic N) is 1. The van der Waals surface area contributed by atoms with Crippen LogP contribution in [0.15, 0.2) is 54.6 Å². The molecule has 0 bridgehead atoms. The number of hydrogen-bond donors (Lipinski definition) is 2. The molecule has 2 amide bonds. The van der Waals surface area contributed by atoms with E-state index < -0.39 is 0 Å². The lowest BCUT2D eigenvalue weighted by atomic mass is 10.1. The minimum absolute atomic E-state index is 0.126. The van der Waals surface area contributed by atoms with Gasteiger partial charge in [0.2, 0.25) is 0 Å². The van der Waals surface area contributed by atoms with Crippen LogP contribution in [0.5, 0.6) is 0 Å². The molecule has 0 fully saturated rings. The van der Waals surface area contributed by atoms with Crippen LogP contribution in [0.2, 0.25) is 0 Å². The van der Waals surface area contributed by atoms with Gasteiger partial charge in [-0.05, 0) is 36.3 Å². The molecule has 0 spiro atoms. The molecule has 0 aliphatic rings. The van der Waals surface area contributed by atoms with Gasteiger partial charge in [0.15, 0.2) is 0 Å². The summed E-state index contributed by atoms with van der Waals surface area (Å²) in [7, 11) is 1.35. The molecule has 2 rings (SSSR count). The number of carbonyl (C=O) groups is 2. The van der Waals surface area contributed by atoms with E-state index in [0.717, 1.165) is 18.7 Å². The Labute approximate surface area is 166 Å². The van der Waals surface area contributed by atoms with E-state index in [1.165, 1.54) is 12.7 Å². The van der Waals surface area contributed by atoms with Crippen LogP contribution >= 0.6 is 0 Å². The second-order valence-electron chi connectivity index (χ2n) is 6.40. The lowest BCUT2D eigenvalue weighted by Gasteiger charge is -2.30. The average molecular weight is 383 g/mol. The molecule has 2 N–H and O–H groups in total. The van der Waals surface area contributed by atoms with Crippen molar-refractivity contribution in [1.82, 2.24) is 15.5 Å². The number of carbonyl (C=O) groups excluding carboxylic acids is 2. The summed E-state index contributed by atoms with van der Waals surface area (Å²) in [6, 6.07) is 17.1. The Morgan fingerprint density at radius 3 is 2.18 bits per heavy atom. The molecule has 0 aromatic heterocycles. The van der Waals surface area contributed by atoms with Crippen LogP contribution < -0.4 is 10.6 Å². The van der Waals surface area contributed by atoms with Gasteiger partial charge in [0.05, 0.1) is 18.7 Å². The zero-order chi connectivity index (χ0) is 20.4. The fourth-order valence-electron chi connectivity index (χ4n) is 3.11. The van der Waals surface area contributed by atoms with E-state index >= 15 is 0 Å². The van der Waals surface area contributed by atoms with Crippen molar-refractivity contribution in [3.8, 4) is 0 Å². The Morgan fingerprint density at radius 2 is 1.61 bits per heavy atom. The van der Waals surface area contributed by atoms with Gasteiger partial charge in [-0.25, -0.2) is 9.59 Å². The Bertz CT molecular complexity index is 743. The number of rotatable bonds is 9. The van der Waals surface area contributed by atoms with Crippen molar-refractivity contribution in [2.45, 2.75) is 26.4 Å². The van der Waals surface area contributed by atoms with Crippen LogP contribution in [0.4, 0.5) is 4.79 Å². The molecule has 6 nitrogen and oxygen atoms in total. The number of esters is 1. The van der Waals surface area contributed by atoms with E-state index in [-0.39, 0.29) is 18.0 Å². The zero-order valence-electron chi connectivity index (χ0n) is 16.8. The summed E-state index contributed by atoms with van der Waals surface area (Å²) in [4.78, 5) is 26.0. The number of benzene rings is 2. The van der Waals surface area contributed by atoms with E-state index in [2.05, 4.69) is 46.3 Å². The van der Waals surface area contributed by atoms with Crippen LogP contribution in [-0.2, 0) is 11.3 Å². The molecule has 0 radical (unpaired) electrons. The van der Waals surface area contributed by atoms with Crippen molar-refractivity contribution in [1.29, 1.82) is 0 Å². The van der Waals surface area contributed by atoms with E-state index in [4.69, 9.17) is 0 Å². The van der Waals surface area contributed by atoms with Gasteiger partial charge in [0.1, 0.15) is 0 Å². The van der Waals surface area contributed by atoms with Crippen molar-refractivity contribution < 1.29 is 14.3 Å². The van der Waals surface area contributed by atoms with Crippen molar-refractivity contribution in [2.75, 3.05) is 26.7 Å². The molecule has 0 saturated heterocycles. The largest absolute Gasteiger partial charge is 0.465 e. The minimum atomic E-state index is -0.374. The summed E-state index contributed by atoms with van der Waals surface area (Å²) in [6.07, 6.45) is 0. The Hall–Kier alpha value is -2.86. The normalized spacial score (nSPS) is 11.7. The van der Waals surface area contributed by atoms with Crippen molar-refractivity contribution in [3.05, 3.63) is 71.3 Å². The fourth-order valence-corrected chi connectivity index (χ4v) is 3.11. The second-order valence-corrected chi connectivity index (χ2v) is 6.40. The smallest absolute Gasteiger partial charge is 0.337 e. The lowest BCUT2D eigenvalue weighted by Crippen LogP contribution is -2.42. The minimum Gasteiger partial charge on any atom is -0.465 e. The molecule has 0 saturated carbocycles. The topological polar surface area (TPSA) is 70.7 Å². The number of amides is 2. The summed E-state index contributed by atoms with van der Waals surface area (Å²) in [6.45, 7) is 6.97. The van der Waals surface area contributed by atoms with Gasteiger partial charge >= 0.3 is 12.0 Å². The average Bonchev–Trinajstić information content (AvgIpc) is 2.75. The molecular weight excluding hydrogens is 354 g/mol.